The average Bonchev–Trinajstić information content (AvgIpc) is 2.89. The Morgan fingerprint density at radius 1 is 1.27 bits per heavy atom. The van der Waals surface area contributed by atoms with Gasteiger partial charge in [0.25, 0.3) is 11.8 Å². The molecule has 1 atom stereocenters. The lowest BCUT2D eigenvalue weighted by Crippen LogP contribution is -2.37. The Morgan fingerprint density at radius 2 is 2.08 bits per heavy atom. The van der Waals surface area contributed by atoms with Gasteiger partial charge in [0, 0.05) is 55.3 Å². The first-order valence-corrected chi connectivity index (χ1v) is 12.2. The van der Waals surface area contributed by atoms with Crippen molar-refractivity contribution >= 4 is 17.3 Å². The fourth-order valence-corrected chi connectivity index (χ4v) is 4.42. The zero-order valence-electron chi connectivity index (χ0n) is 21.1. The van der Waals surface area contributed by atoms with Crippen LogP contribution >= 0.6 is 0 Å². The normalized spacial score (nSPS) is 15.1. The molecule has 0 saturated carbocycles. The number of aromatic nitrogens is 2. The number of carbonyl (C=O) groups excluding carboxylic acids is 1. The molecule has 192 valence electrons. The third kappa shape index (κ3) is 6.09. The summed E-state index contributed by atoms with van der Waals surface area (Å²) in [5, 5.41) is 12.3. The molecule has 1 amide bonds. The van der Waals surface area contributed by atoms with E-state index >= 15 is 0 Å². The molecule has 0 saturated heterocycles. The van der Waals surface area contributed by atoms with E-state index in [0.29, 0.717) is 38.4 Å². The van der Waals surface area contributed by atoms with Crippen molar-refractivity contribution < 1.29 is 18.3 Å². The first-order chi connectivity index (χ1) is 17.7. The standard InChI is InChI=1S/C28H29F2N5O2/c1-4-37-10-9-35-17-19(15-31)11-21-6-5-20(12-25(21)35)24-14-23(16-33-18(24)2)34-27(36)22-7-8-32-26(13-22)28(3,29)30/h5-8,12-14,16,19H,4,9-11,17H2,1-3H3,(H,34,36)/t19-/m0/s1. The summed E-state index contributed by atoms with van der Waals surface area (Å²) in [5.41, 5.74) is 4.77. The minimum absolute atomic E-state index is 0.0803. The number of aryl methyl sites for hydroxylation is 1. The highest BCUT2D eigenvalue weighted by Crippen LogP contribution is 2.35. The van der Waals surface area contributed by atoms with Crippen molar-refractivity contribution in [2.75, 3.05) is 36.5 Å². The number of pyridine rings is 2. The van der Waals surface area contributed by atoms with E-state index in [-0.39, 0.29) is 11.5 Å². The zero-order valence-corrected chi connectivity index (χ0v) is 21.1. The van der Waals surface area contributed by atoms with Gasteiger partial charge < -0.3 is 15.0 Å². The van der Waals surface area contributed by atoms with Crippen LogP contribution in [0.5, 0.6) is 0 Å². The van der Waals surface area contributed by atoms with Gasteiger partial charge in [-0.2, -0.15) is 14.0 Å². The zero-order chi connectivity index (χ0) is 26.6. The van der Waals surface area contributed by atoms with Crippen molar-refractivity contribution in [1.82, 2.24) is 9.97 Å². The van der Waals surface area contributed by atoms with Gasteiger partial charge in [-0.15, -0.1) is 0 Å². The second-order valence-electron chi connectivity index (χ2n) is 9.15. The maximum Gasteiger partial charge on any atom is 0.286 e. The minimum atomic E-state index is -3.15. The number of alkyl halides is 2. The van der Waals surface area contributed by atoms with E-state index in [9.17, 15) is 18.8 Å². The molecule has 1 aromatic carbocycles. The number of nitriles is 1. The molecule has 0 unspecified atom stereocenters. The first-order valence-electron chi connectivity index (χ1n) is 12.2. The molecular weight excluding hydrogens is 476 g/mol. The molecule has 7 nitrogen and oxygen atoms in total. The predicted octanol–water partition coefficient (Wildman–Crippen LogP) is 5.35. The van der Waals surface area contributed by atoms with E-state index in [1.165, 1.54) is 18.5 Å². The number of amides is 1. The third-order valence-corrected chi connectivity index (χ3v) is 6.35. The van der Waals surface area contributed by atoms with Gasteiger partial charge in [-0.3, -0.25) is 14.8 Å². The van der Waals surface area contributed by atoms with Gasteiger partial charge in [-0.1, -0.05) is 12.1 Å². The first kappa shape index (κ1) is 26.2. The molecule has 37 heavy (non-hydrogen) atoms. The summed E-state index contributed by atoms with van der Waals surface area (Å²) in [6.45, 7) is 7.10. The second kappa shape index (κ2) is 11.0. The van der Waals surface area contributed by atoms with Crippen molar-refractivity contribution in [2.45, 2.75) is 33.1 Å². The van der Waals surface area contributed by atoms with Gasteiger partial charge >= 0.3 is 0 Å². The van der Waals surface area contributed by atoms with E-state index in [4.69, 9.17) is 4.74 Å². The van der Waals surface area contributed by atoms with Crippen LogP contribution in [0.1, 0.15) is 41.2 Å². The van der Waals surface area contributed by atoms with Crippen molar-refractivity contribution in [3.8, 4) is 17.2 Å². The van der Waals surface area contributed by atoms with Gasteiger partial charge in [0.15, 0.2) is 0 Å². The molecule has 0 aliphatic carbocycles. The fourth-order valence-electron chi connectivity index (χ4n) is 4.42. The number of hydrogen-bond donors (Lipinski definition) is 1. The number of nitrogens with one attached hydrogen (secondary N) is 1. The molecule has 2 aromatic heterocycles. The lowest BCUT2D eigenvalue weighted by molar-refractivity contribution is 0.0127. The molecule has 3 aromatic rings. The van der Waals surface area contributed by atoms with Gasteiger partial charge in [0.1, 0.15) is 5.69 Å². The van der Waals surface area contributed by atoms with Gasteiger partial charge in [0.05, 0.1) is 30.5 Å². The Labute approximate surface area is 215 Å². The largest absolute Gasteiger partial charge is 0.380 e. The van der Waals surface area contributed by atoms with Crippen LogP contribution in [-0.2, 0) is 17.1 Å². The molecule has 4 rings (SSSR count). The number of fused-ring (bicyclic) bond motifs is 1. The minimum Gasteiger partial charge on any atom is -0.380 e. The van der Waals surface area contributed by atoms with E-state index in [2.05, 4.69) is 32.3 Å². The molecule has 9 heteroatoms. The van der Waals surface area contributed by atoms with Crippen LogP contribution in [0.3, 0.4) is 0 Å². The molecule has 1 N–H and O–H groups in total. The molecule has 1 aliphatic rings. The van der Waals surface area contributed by atoms with Crippen LogP contribution in [-0.4, -0.2) is 42.2 Å². The highest BCUT2D eigenvalue weighted by molar-refractivity contribution is 6.04. The van der Waals surface area contributed by atoms with Crippen molar-refractivity contribution in [1.29, 1.82) is 5.26 Å². The SMILES string of the molecule is CCOCCN1C[C@H](C#N)Cc2ccc(-c3cc(NC(=O)c4ccnc(C(C)(F)F)c4)cnc3C)cc21. The summed E-state index contributed by atoms with van der Waals surface area (Å²) in [6.07, 6.45) is 3.43. The van der Waals surface area contributed by atoms with Gasteiger partial charge in [0.2, 0.25) is 0 Å². The lowest BCUT2D eigenvalue weighted by Gasteiger charge is -2.34. The molecule has 0 bridgehead atoms. The van der Waals surface area contributed by atoms with Crippen LogP contribution in [0.2, 0.25) is 0 Å². The maximum absolute atomic E-state index is 13.7. The summed E-state index contributed by atoms with van der Waals surface area (Å²) in [4.78, 5) is 23.1. The van der Waals surface area contributed by atoms with Crippen LogP contribution in [0.15, 0.2) is 48.8 Å². The van der Waals surface area contributed by atoms with E-state index in [1.54, 1.807) is 0 Å². The Kier molecular flexibility index (Phi) is 7.79. The van der Waals surface area contributed by atoms with Gasteiger partial charge in [-0.25, -0.2) is 0 Å². The highest BCUT2D eigenvalue weighted by atomic mass is 19.3. The second-order valence-corrected chi connectivity index (χ2v) is 9.15. The summed E-state index contributed by atoms with van der Waals surface area (Å²) in [7, 11) is 0. The fraction of sp³-hybridized carbons (Fsp3) is 0.357. The summed E-state index contributed by atoms with van der Waals surface area (Å²) < 4.78 is 32.9. The number of rotatable bonds is 8. The molecule has 1 aliphatic heterocycles. The quantitative estimate of drug-likeness (QED) is 0.415. The van der Waals surface area contributed by atoms with Crippen molar-refractivity contribution in [3.05, 3.63) is 71.3 Å². The molecule has 0 spiro atoms. The topological polar surface area (TPSA) is 91.1 Å². The summed E-state index contributed by atoms with van der Waals surface area (Å²) >= 11 is 0. The number of benzene rings is 1. The van der Waals surface area contributed by atoms with Crippen molar-refractivity contribution in [3.63, 3.8) is 0 Å². The highest BCUT2D eigenvalue weighted by Gasteiger charge is 2.27. The van der Waals surface area contributed by atoms with E-state index in [1.807, 2.05) is 32.0 Å². The monoisotopic (exact) mass is 505 g/mol. The molecule has 3 heterocycles. The number of hydrogen-bond acceptors (Lipinski definition) is 6. The Morgan fingerprint density at radius 3 is 2.81 bits per heavy atom. The maximum atomic E-state index is 13.7. The van der Waals surface area contributed by atoms with Crippen LogP contribution in [0, 0.1) is 24.2 Å². The van der Waals surface area contributed by atoms with Crippen LogP contribution in [0.25, 0.3) is 11.1 Å². The number of anilines is 2. The third-order valence-electron chi connectivity index (χ3n) is 6.35. The number of halogens is 2. The number of nitrogens with zero attached hydrogens (tertiary/aromatic N) is 4. The van der Waals surface area contributed by atoms with Crippen LogP contribution in [0.4, 0.5) is 20.2 Å². The summed E-state index contributed by atoms with van der Waals surface area (Å²) in [6, 6.07) is 12.8. The van der Waals surface area contributed by atoms with Crippen LogP contribution < -0.4 is 10.2 Å². The average molecular weight is 506 g/mol. The molecule has 0 radical (unpaired) electrons. The van der Waals surface area contributed by atoms with E-state index < -0.39 is 17.5 Å². The van der Waals surface area contributed by atoms with Gasteiger partial charge in [-0.05, 0) is 55.7 Å². The van der Waals surface area contributed by atoms with E-state index in [0.717, 1.165) is 41.1 Å². The predicted molar refractivity (Wildman–Crippen MR) is 138 cm³/mol. The number of ether oxygens (including phenoxy) is 1. The van der Waals surface area contributed by atoms with Crippen molar-refractivity contribution in [2.24, 2.45) is 5.92 Å². The Balaban J connectivity index is 1.61. The molecular formula is C28H29F2N5O2. The summed E-state index contributed by atoms with van der Waals surface area (Å²) in [5.74, 6) is -3.76. The Bertz CT molecular complexity index is 1330. The number of carbonyl (C=O) groups is 1. The molecule has 0 fully saturated rings. The Hall–Kier alpha value is -3.90. The smallest absolute Gasteiger partial charge is 0.286 e. The lowest BCUT2D eigenvalue weighted by atomic mass is 9.91.